The Bertz CT molecular complexity index is 741. The zero-order chi connectivity index (χ0) is 18.7. The topological polar surface area (TPSA) is 32.3 Å². The fraction of sp³-hybridized carbons (Fsp3) is 0.500. The van der Waals surface area contributed by atoms with Crippen molar-refractivity contribution in [3.63, 3.8) is 0 Å². The molecule has 1 N–H and O–H groups in total. The SMILES string of the molecule is O=C(CCc1cccs1)N1CCC(F)(CNC2CC2c2ccccc2)CC1. The van der Waals surface area contributed by atoms with Crippen LogP contribution in [0.1, 0.15) is 42.0 Å². The lowest BCUT2D eigenvalue weighted by atomic mass is 9.93. The molecule has 2 heterocycles. The first kappa shape index (κ1) is 18.6. The van der Waals surface area contributed by atoms with Gasteiger partial charge in [0, 0.05) is 55.7 Å². The van der Waals surface area contributed by atoms with Crippen molar-refractivity contribution >= 4 is 17.2 Å². The number of hydrogen-bond donors (Lipinski definition) is 1. The molecule has 27 heavy (non-hydrogen) atoms. The molecule has 1 amide bonds. The maximum Gasteiger partial charge on any atom is 0.222 e. The van der Waals surface area contributed by atoms with Gasteiger partial charge in [-0.25, -0.2) is 4.39 Å². The van der Waals surface area contributed by atoms with Gasteiger partial charge >= 0.3 is 0 Å². The molecule has 1 aliphatic heterocycles. The molecule has 1 saturated carbocycles. The van der Waals surface area contributed by atoms with E-state index in [4.69, 9.17) is 0 Å². The minimum absolute atomic E-state index is 0.157. The van der Waals surface area contributed by atoms with Crippen molar-refractivity contribution in [2.45, 2.75) is 49.7 Å². The highest BCUT2D eigenvalue weighted by molar-refractivity contribution is 7.09. The molecule has 0 spiro atoms. The molecule has 2 fully saturated rings. The molecular weight excluding hydrogens is 359 g/mol. The highest BCUT2D eigenvalue weighted by atomic mass is 32.1. The normalized spacial score (nSPS) is 24.0. The molecule has 2 atom stereocenters. The molecule has 1 aromatic heterocycles. The van der Waals surface area contributed by atoms with Crippen molar-refractivity contribution in [2.75, 3.05) is 19.6 Å². The summed E-state index contributed by atoms with van der Waals surface area (Å²) < 4.78 is 15.1. The quantitative estimate of drug-likeness (QED) is 0.775. The van der Waals surface area contributed by atoms with Gasteiger partial charge in [0.25, 0.3) is 0 Å². The molecule has 5 heteroatoms. The number of piperidine rings is 1. The number of hydrogen-bond acceptors (Lipinski definition) is 3. The van der Waals surface area contributed by atoms with E-state index in [2.05, 4.69) is 35.6 Å². The van der Waals surface area contributed by atoms with Crippen LogP contribution in [0.25, 0.3) is 0 Å². The van der Waals surface area contributed by atoms with Gasteiger partial charge in [-0.05, 0) is 29.9 Å². The standard InChI is InChI=1S/C22H27FN2OS/c23-22(16-24-20-15-19(20)17-5-2-1-3-6-17)10-12-25(13-11-22)21(26)9-8-18-7-4-14-27-18/h1-7,14,19-20,24H,8-13,15-16H2. The second kappa shape index (κ2) is 8.11. The third-order valence-corrected chi connectivity index (χ3v) is 6.81. The van der Waals surface area contributed by atoms with Gasteiger partial charge in [-0.3, -0.25) is 4.79 Å². The van der Waals surface area contributed by atoms with Crippen LogP contribution in [0.3, 0.4) is 0 Å². The van der Waals surface area contributed by atoms with Gasteiger partial charge in [0.1, 0.15) is 5.67 Å². The zero-order valence-corrected chi connectivity index (χ0v) is 16.4. The number of nitrogens with zero attached hydrogens (tertiary/aromatic N) is 1. The summed E-state index contributed by atoms with van der Waals surface area (Å²) >= 11 is 1.69. The Balaban J connectivity index is 1.18. The molecular formula is C22H27FN2OS. The summed E-state index contributed by atoms with van der Waals surface area (Å²) in [4.78, 5) is 15.5. The Kier molecular flexibility index (Phi) is 5.60. The predicted octanol–water partition coefficient (Wildman–Crippen LogP) is 4.16. The summed E-state index contributed by atoms with van der Waals surface area (Å²) in [6.45, 7) is 1.47. The van der Waals surface area contributed by atoms with E-state index in [1.165, 1.54) is 10.4 Å². The van der Waals surface area contributed by atoms with Gasteiger partial charge in [0.15, 0.2) is 0 Å². The minimum Gasteiger partial charge on any atom is -0.342 e. The molecule has 0 bridgehead atoms. The molecule has 3 nitrogen and oxygen atoms in total. The number of rotatable bonds is 7. The largest absolute Gasteiger partial charge is 0.342 e. The number of benzene rings is 1. The first-order valence-electron chi connectivity index (χ1n) is 9.90. The number of nitrogens with one attached hydrogen (secondary N) is 1. The second-order valence-corrected chi connectivity index (χ2v) is 8.88. The smallest absolute Gasteiger partial charge is 0.222 e. The first-order chi connectivity index (χ1) is 13.1. The van der Waals surface area contributed by atoms with Crippen molar-refractivity contribution in [1.29, 1.82) is 0 Å². The lowest BCUT2D eigenvalue weighted by Crippen LogP contribution is -2.49. The maximum atomic E-state index is 15.1. The highest BCUT2D eigenvalue weighted by Gasteiger charge is 2.41. The lowest BCUT2D eigenvalue weighted by Gasteiger charge is -2.36. The number of halogens is 1. The molecule has 144 valence electrons. The number of alkyl halides is 1. The monoisotopic (exact) mass is 386 g/mol. The van der Waals surface area contributed by atoms with E-state index in [0.29, 0.717) is 50.9 Å². The van der Waals surface area contributed by atoms with Crippen molar-refractivity contribution in [2.24, 2.45) is 0 Å². The number of carbonyl (C=O) groups excluding carboxylic acids is 1. The number of thiophene rings is 1. The third kappa shape index (κ3) is 4.77. The van der Waals surface area contributed by atoms with E-state index >= 15 is 4.39 Å². The van der Waals surface area contributed by atoms with Crippen molar-refractivity contribution in [3.05, 3.63) is 58.3 Å². The number of likely N-dealkylation sites (tertiary alicyclic amines) is 1. The number of amides is 1. The van der Waals surface area contributed by atoms with Crippen molar-refractivity contribution in [1.82, 2.24) is 10.2 Å². The van der Waals surface area contributed by atoms with Gasteiger partial charge < -0.3 is 10.2 Å². The number of carbonyl (C=O) groups is 1. The van der Waals surface area contributed by atoms with E-state index in [9.17, 15) is 4.79 Å². The third-order valence-electron chi connectivity index (χ3n) is 5.88. The fourth-order valence-corrected chi connectivity index (χ4v) is 4.69. The molecule has 4 rings (SSSR count). The van der Waals surface area contributed by atoms with Crippen LogP contribution in [-0.4, -0.2) is 42.2 Å². The molecule has 1 aliphatic carbocycles. The van der Waals surface area contributed by atoms with Gasteiger partial charge in [-0.2, -0.15) is 0 Å². The van der Waals surface area contributed by atoms with Crippen LogP contribution in [0.15, 0.2) is 47.8 Å². The van der Waals surface area contributed by atoms with E-state index < -0.39 is 5.67 Å². The minimum atomic E-state index is -1.19. The predicted molar refractivity (Wildman–Crippen MR) is 108 cm³/mol. The van der Waals surface area contributed by atoms with Crippen LogP contribution in [0.4, 0.5) is 4.39 Å². The number of aryl methyl sites for hydroxylation is 1. The zero-order valence-electron chi connectivity index (χ0n) is 15.6. The summed E-state index contributed by atoms with van der Waals surface area (Å²) in [5.74, 6) is 0.679. The highest BCUT2D eigenvalue weighted by Crippen LogP contribution is 2.41. The Morgan fingerprint density at radius 2 is 1.96 bits per heavy atom. The molecule has 1 aromatic carbocycles. The summed E-state index contributed by atoms with van der Waals surface area (Å²) in [6, 6.07) is 14.9. The molecule has 1 saturated heterocycles. The second-order valence-electron chi connectivity index (χ2n) is 7.85. The summed E-state index contributed by atoms with van der Waals surface area (Å²) in [5.41, 5.74) is 0.156. The summed E-state index contributed by atoms with van der Waals surface area (Å²) in [5, 5.41) is 5.46. The van der Waals surface area contributed by atoms with E-state index in [1.54, 1.807) is 11.3 Å². The average molecular weight is 387 g/mol. The van der Waals surface area contributed by atoms with Crippen LogP contribution in [0, 0.1) is 0 Å². The Hall–Kier alpha value is -1.72. The first-order valence-corrected chi connectivity index (χ1v) is 10.8. The lowest BCUT2D eigenvalue weighted by molar-refractivity contribution is -0.133. The Morgan fingerprint density at radius 3 is 2.67 bits per heavy atom. The van der Waals surface area contributed by atoms with E-state index in [-0.39, 0.29) is 5.91 Å². The van der Waals surface area contributed by atoms with Gasteiger partial charge in [-0.15, -0.1) is 11.3 Å². The van der Waals surface area contributed by atoms with E-state index in [0.717, 1.165) is 12.8 Å². The Labute approximate surface area is 164 Å². The summed E-state index contributed by atoms with van der Waals surface area (Å²) in [7, 11) is 0. The van der Waals surface area contributed by atoms with Crippen LogP contribution >= 0.6 is 11.3 Å². The average Bonchev–Trinajstić information content (AvgIpc) is 3.29. The molecule has 2 unspecified atom stereocenters. The Morgan fingerprint density at radius 1 is 1.19 bits per heavy atom. The molecule has 2 aliphatic rings. The van der Waals surface area contributed by atoms with Gasteiger partial charge in [-0.1, -0.05) is 36.4 Å². The fourth-order valence-electron chi connectivity index (χ4n) is 3.98. The summed E-state index contributed by atoms with van der Waals surface area (Å²) in [6.07, 6.45) is 3.28. The van der Waals surface area contributed by atoms with Crippen molar-refractivity contribution < 1.29 is 9.18 Å². The van der Waals surface area contributed by atoms with Crippen LogP contribution in [-0.2, 0) is 11.2 Å². The van der Waals surface area contributed by atoms with Crippen molar-refractivity contribution in [3.8, 4) is 0 Å². The van der Waals surface area contributed by atoms with Crippen LogP contribution in [0.5, 0.6) is 0 Å². The van der Waals surface area contributed by atoms with E-state index in [1.807, 2.05) is 22.4 Å². The molecule has 2 aromatic rings. The van der Waals surface area contributed by atoms with Crippen LogP contribution < -0.4 is 5.32 Å². The van der Waals surface area contributed by atoms with Crippen LogP contribution in [0.2, 0.25) is 0 Å². The van der Waals surface area contributed by atoms with Gasteiger partial charge in [0.05, 0.1) is 0 Å². The van der Waals surface area contributed by atoms with Gasteiger partial charge in [0.2, 0.25) is 5.91 Å². The maximum absolute atomic E-state index is 15.1. The molecule has 0 radical (unpaired) electrons.